The fourth-order valence-corrected chi connectivity index (χ4v) is 12.7. The number of pyridine rings is 15. The number of H-pyrrole nitrogens is 10. The first kappa shape index (κ1) is 90.9. The summed E-state index contributed by atoms with van der Waals surface area (Å²) in [4.78, 5) is 171. The Bertz CT molecular complexity index is 7570. The Morgan fingerprint density at radius 3 is 1.41 bits per heavy atom. The highest BCUT2D eigenvalue weighted by Crippen LogP contribution is 2.29. The van der Waals surface area contributed by atoms with E-state index in [1.54, 1.807) is 110 Å². The molecule has 638 valence electrons. The number of hydrogen-bond donors (Lipinski definition) is 12. The Morgan fingerprint density at radius 1 is 0.325 bits per heavy atom. The molecule has 2 aromatic carbocycles. The lowest BCUT2D eigenvalue weighted by molar-refractivity contribution is -0.118. The lowest BCUT2D eigenvalue weighted by Gasteiger charge is -2.30. The van der Waals surface area contributed by atoms with Gasteiger partial charge in [0, 0.05) is 142 Å². The van der Waals surface area contributed by atoms with Crippen LogP contribution in [0.5, 0.6) is 0 Å². The van der Waals surface area contributed by atoms with Crippen molar-refractivity contribution in [3.05, 3.63) is 404 Å². The summed E-state index contributed by atoms with van der Waals surface area (Å²) in [5, 5.41) is 20.7. The smallest absolute Gasteiger partial charge is 0.264 e. The number of aromatic nitrogens is 17. The highest BCUT2D eigenvalue weighted by atomic mass is 35.5. The van der Waals surface area contributed by atoms with Gasteiger partial charge < -0.3 is 55.5 Å². The predicted octanol–water partition coefficient (Wildman–Crippen LogP) is 14.0. The number of nitrogens with one attached hydrogen (secondary N) is 12. The van der Waals surface area contributed by atoms with E-state index in [9.17, 15) is 52.7 Å². The molecule has 18 heterocycles. The van der Waals surface area contributed by atoms with Crippen LogP contribution in [0.1, 0.15) is 79.5 Å². The number of benzene rings is 2. The van der Waals surface area contributed by atoms with Gasteiger partial charge in [0.05, 0.1) is 10.7 Å². The number of amides is 1. The number of fused-ring (bicyclic) bond motifs is 10. The van der Waals surface area contributed by atoms with Gasteiger partial charge in [-0.2, -0.15) is 5.10 Å². The van der Waals surface area contributed by atoms with Crippen LogP contribution < -0.4 is 66.2 Å². The van der Waals surface area contributed by atoms with Gasteiger partial charge in [0.2, 0.25) is 11.5 Å². The SMILES string of the molecule is CC1=CC2=Cc3ccccc3NC2NC1=O.Cc1cc2c(C)ccnc2[nH]c1=O.Cc1cc2cc(Cl)cnc2[nH]c1=O.Cc1cc2ccc(=O)[nH]c2[nH]c1=O.Cc1cc2ccc(Cl)nc2[nH]c1=O.Cc1cc2ccccc2[nH]c1=O.Cc1cc2cccnc2[nH]c1=O.Cc1ccc(=O)[nH]n1.Cc1ccc2cc(C)c(=O)[nH]c2n1.Cc1cnc2[nH]c(=O)c(C)cc2c1. The van der Waals surface area contributed by atoms with Crippen LogP contribution in [0.4, 0.5) is 5.69 Å². The number of carbonyl (C=O) groups excluding carboxylic acids is 1. The van der Waals surface area contributed by atoms with Crippen LogP contribution in [0.2, 0.25) is 10.2 Å². The Kier molecular flexibility index (Phi) is 29.7. The van der Waals surface area contributed by atoms with E-state index in [-0.39, 0.29) is 67.7 Å². The number of para-hydroxylation sites is 2. The zero-order valence-corrected chi connectivity index (χ0v) is 72.2. The number of aryl methyl sites for hydroxylation is 12. The summed E-state index contributed by atoms with van der Waals surface area (Å²) in [5.74, 6) is -0.00553. The molecule has 1 atom stereocenters. The maximum absolute atomic E-state index is 11.5. The van der Waals surface area contributed by atoms with Gasteiger partial charge in [0.25, 0.3) is 50.0 Å². The van der Waals surface area contributed by atoms with E-state index in [1.165, 1.54) is 18.3 Å². The minimum Gasteiger partial charge on any atom is -0.361 e. The molecule has 30 nitrogen and oxygen atoms in total. The van der Waals surface area contributed by atoms with Crippen LogP contribution in [0.3, 0.4) is 0 Å². The molecule has 0 spiro atoms. The molecule has 0 fully saturated rings. The Balaban J connectivity index is 0.000000136. The highest BCUT2D eigenvalue weighted by Gasteiger charge is 2.26. The second kappa shape index (κ2) is 41.2. The standard InChI is InChI=1S/C13H12N2O.3C10H10N2O.C10H9NO.2C9H7ClN2O.C9H8N2O2.C9H8N2O.C5H6N2O/c1-8-6-10-7-9-4-2-3-5-11(9)14-12(10)15-13(8)16;1-6-3-8-4-7(2)10(13)12-9(8)11-5-6;1-6-5-8-4-3-7(2)11-9(8)12-10(6)13;1-6-3-4-11-9-8(6)5-7(2)10(13)12-9;1-7-6-8-4-2-3-5-9(8)11-10(7)12;1-5-2-6-3-7(10)4-11-8(6)12-9(5)13;1-5-4-6-2-3-7(10)11-8(6)12-9(5)13;1-5-4-6-2-3-7(12)10-8(6)11-9(5)13;1-6-5-7-3-2-4-10-8(7)11-9(6)12;1-4-2-3-5(8)7-6-4/h2-7,12,14H,1H3,(H,15,16);3*3-5H,1-2H3,(H,11,12,13);2-6H,1H3,(H,11,12);2*2-4H,1H3,(H,11,12,13);2-4H,1H3,(H2,10,11,12,13);2-5H,1H3,(H,10,11,12);2-3H,1H3,(H,7,8). The van der Waals surface area contributed by atoms with E-state index in [0.717, 1.165) is 121 Å². The van der Waals surface area contributed by atoms with E-state index in [4.69, 9.17) is 23.2 Å². The Labute approximate surface area is 725 Å². The zero-order chi connectivity index (χ0) is 90.7. The van der Waals surface area contributed by atoms with Crippen LogP contribution in [0.25, 0.3) is 94.2 Å². The summed E-state index contributed by atoms with van der Waals surface area (Å²) < 4.78 is 0. The molecular formula is C94H87Cl2N19O11. The summed E-state index contributed by atoms with van der Waals surface area (Å²) in [6.45, 7) is 23.7. The molecule has 0 radical (unpaired) electrons. The molecule has 2 aliphatic rings. The number of rotatable bonds is 0. The average Bonchev–Trinajstić information content (AvgIpc) is 0.786. The number of anilines is 1. The van der Waals surface area contributed by atoms with Crippen molar-refractivity contribution in [1.29, 1.82) is 0 Å². The third-order valence-corrected chi connectivity index (χ3v) is 19.7. The van der Waals surface area contributed by atoms with Crippen molar-refractivity contribution in [2.24, 2.45) is 0 Å². The van der Waals surface area contributed by atoms with Gasteiger partial charge in [0.1, 0.15) is 50.8 Å². The van der Waals surface area contributed by atoms with E-state index in [1.807, 2.05) is 163 Å². The van der Waals surface area contributed by atoms with Crippen LogP contribution in [0, 0.1) is 83.1 Å². The summed E-state index contributed by atoms with van der Waals surface area (Å²) in [5.41, 5.74) is 17.7. The maximum Gasteiger partial charge on any atom is 0.264 e. The molecule has 32 heteroatoms. The molecule has 12 N–H and O–H groups in total. The molecule has 20 rings (SSSR count). The summed E-state index contributed by atoms with van der Waals surface area (Å²) >= 11 is 11.4. The quantitative estimate of drug-likeness (QED) is 0.0627. The Morgan fingerprint density at radius 2 is 0.794 bits per heavy atom. The van der Waals surface area contributed by atoms with Crippen molar-refractivity contribution in [3.8, 4) is 0 Å². The van der Waals surface area contributed by atoms with Gasteiger partial charge in [-0.15, -0.1) is 0 Å². The number of aromatic amines is 10. The van der Waals surface area contributed by atoms with Gasteiger partial charge in [0.15, 0.2) is 0 Å². The van der Waals surface area contributed by atoms with Crippen molar-refractivity contribution < 1.29 is 4.79 Å². The molecule has 0 saturated heterocycles. The van der Waals surface area contributed by atoms with E-state index >= 15 is 0 Å². The van der Waals surface area contributed by atoms with Gasteiger partial charge in [-0.25, -0.2) is 35.0 Å². The normalized spacial score (nSPS) is 11.9. The lowest BCUT2D eigenvalue weighted by Crippen LogP contribution is -2.45. The largest absolute Gasteiger partial charge is 0.361 e. The van der Waals surface area contributed by atoms with Gasteiger partial charge >= 0.3 is 0 Å². The Hall–Kier alpha value is -15.8. The molecule has 0 aliphatic carbocycles. The number of halogens is 2. The molecule has 0 bridgehead atoms. The van der Waals surface area contributed by atoms with Crippen molar-refractivity contribution >= 4 is 129 Å². The van der Waals surface area contributed by atoms with E-state index in [0.29, 0.717) is 66.4 Å². The summed E-state index contributed by atoms with van der Waals surface area (Å²) in [7, 11) is 0. The molecule has 18 aromatic rings. The fourth-order valence-electron chi connectivity index (χ4n) is 12.4. The topological polar surface area (TPSA) is 460 Å². The number of hydrogen-bond acceptors (Lipinski definition) is 19. The monoisotopic (exact) mass is 1730 g/mol. The number of carbonyl (C=O) groups is 1. The van der Waals surface area contributed by atoms with Crippen molar-refractivity contribution in [1.82, 2.24) is 90.3 Å². The van der Waals surface area contributed by atoms with Gasteiger partial charge in [-0.05, 0) is 257 Å². The second-order valence-electron chi connectivity index (χ2n) is 29.5. The second-order valence-corrected chi connectivity index (χ2v) is 30.3. The zero-order valence-electron chi connectivity index (χ0n) is 70.7. The van der Waals surface area contributed by atoms with Crippen molar-refractivity contribution in [2.45, 2.75) is 96.2 Å². The van der Waals surface area contributed by atoms with Crippen LogP contribution in [0.15, 0.2) is 266 Å². The van der Waals surface area contributed by atoms with Crippen LogP contribution >= 0.6 is 23.2 Å². The molecule has 2 aliphatic heterocycles. The minimum atomic E-state index is -0.216. The fraction of sp³-hybridized carbons (Fsp3) is 0.149. The van der Waals surface area contributed by atoms with Gasteiger partial charge in [-0.3, -0.25) is 52.7 Å². The highest BCUT2D eigenvalue weighted by molar-refractivity contribution is 6.31. The maximum atomic E-state index is 11.5. The van der Waals surface area contributed by atoms with Crippen molar-refractivity contribution in [3.63, 3.8) is 0 Å². The van der Waals surface area contributed by atoms with Crippen molar-refractivity contribution in [2.75, 3.05) is 5.32 Å². The van der Waals surface area contributed by atoms with E-state index < -0.39 is 0 Å². The predicted molar refractivity (Wildman–Crippen MR) is 499 cm³/mol. The first-order valence-electron chi connectivity index (χ1n) is 39.1. The summed E-state index contributed by atoms with van der Waals surface area (Å²) in [6.07, 6.45) is 10.6. The number of nitrogens with zero attached hydrogens (tertiary/aromatic N) is 7. The molecule has 1 amide bonds. The van der Waals surface area contributed by atoms with Gasteiger partial charge in [-0.1, -0.05) is 59.6 Å². The third-order valence-electron chi connectivity index (χ3n) is 19.3. The van der Waals surface area contributed by atoms with Crippen LogP contribution in [-0.2, 0) is 4.79 Å². The molecule has 0 saturated carbocycles. The molecule has 16 aromatic heterocycles. The minimum absolute atomic E-state index is 0.00553. The first-order valence-corrected chi connectivity index (χ1v) is 39.9. The molecule has 126 heavy (non-hydrogen) atoms. The lowest BCUT2D eigenvalue weighted by atomic mass is 9.97. The van der Waals surface area contributed by atoms with E-state index in [2.05, 4.69) is 108 Å². The van der Waals surface area contributed by atoms with Crippen LogP contribution in [-0.4, -0.2) is 97.0 Å². The molecule has 1 unspecified atom stereocenters. The molecular weight excluding hydrogens is 1640 g/mol. The average molecular weight is 1730 g/mol. The summed E-state index contributed by atoms with van der Waals surface area (Å²) in [6, 6.07) is 53.5. The first-order chi connectivity index (χ1) is 60.1. The third kappa shape index (κ3) is 24.3.